The number of sulfonamides is 1. The minimum atomic E-state index is -4.31. The molecule has 0 bridgehead atoms. The zero-order valence-electron chi connectivity index (χ0n) is 25.6. The number of carbonyl (C=O) groups excluding carboxylic acids is 2. The molecule has 1 atom stereocenters. The lowest BCUT2D eigenvalue weighted by Crippen LogP contribution is -2.53. The van der Waals surface area contributed by atoms with E-state index in [0.717, 1.165) is 27.6 Å². The molecule has 0 fully saturated rings. The van der Waals surface area contributed by atoms with Crippen molar-refractivity contribution in [2.75, 3.05) is 24.5 Å². The molecule has 4 aromatic rings. The van der Waals surface area contributed by atoms with Crippen LogP contribution < -0.4 is 14.4 Å². The Morgan fingerprint density at radius 2 is 1.40 bits per heavy atom. The van der Waals surface area contributed by atoms with Crippen molar-refractivity contribution < 1.29 is 27.1 Å². The largest absolute Gasteiger partial charge is 0.497 e. The number of benzene rings is 4. The molecule has 0 aliphatic heterocycles. The molecule has 10 heteroatoms. The summed E-state index contributed by atoms with van der Waals surface area (Å²) in [6, 6.07) is 28.3. The third-order valence-electron chi connectivity index (χ3n) is 7.19. The first-order valence-corrected chi connectivity index (χ1v) is 16.1. The van der Waals surface area contributed by atoms with Crippen LogP contribution in [0.3, 0.4) is 0 Å². The molecule has 2 amide bonds. The van der Waals surface area contributed by atoms with Gasteiger partial charge in [0.1, 0.15) is 24.2 Å². The highest BCUT2D eigenvalue weighted by Gasteiger charge is 2.34. The first-order chi connectivity index (χ1) is 21.6. The van der Waals surface area contributed by atoms with Gasteiger partial charge in [-0.3, -0.25) is 13.9 Å². The number of anilines is 1. The second-order valence-electron chi connectivity index (χ2n) is 11.0. The minimum Gasteiger partial charge on any atom is -0.497 e. The molecule has 0 unspecified atom stereocenters. The van der Waals surface area contributed by atoms with Crippen molar-refractivity contribution in [3.8, 4) is 5.75 Å². The summed E-state index contributed by atoms with van der Waals surface area (Å²) in [5, 5.41) is 2.96. The molecule has 0 aliphatic carbocycles. The lowest BCUT2D eigenvalue weighted by molar-refractivity contribution is -0.140. The van der Waals surface area contributed by atoms with Crippen molar-refractivity contribution in [2.45, 2.75) is 37.8 Å². The topological polar surface area (TPSA) is 96.0 Å². The Bertz CT molecular complexity index is 1650. The molecule has 8 nitrogen and oxygen atoms in total. The number of hydrogen-bond acceptors (Lipinski definition) is 5. The van der Waals surface area contributed by atoms with Crippen molar-refractivity contribution in [3.05, 3.63) is 126 Å². The van der Waals surface area contributed by atoms with Crippen molar-refractivity contribution >= 4 is 27.5 Å². The lowest BCUT2D eigenvalue weighted by atomic mass is 10.0. The maximum absolute atomic E-state index is 14.4. The minimum absolute atomic E-state index is 0.0616. The SMILES string of the molecule is COc1ccc(S(=O)(=O)N(CC(=O)N(Cc2ccccc2)[C@H](Cc2ccccc2)C(=O)NCC(C)C)c2ccc(F)cc2)cc1. The molecule has 0 saturated carbocycles. The molecule has 4 aromatic carbocycles. The van der Waals surface area contributed by atoms with Crippen LogP contribution >= 0.6 is 0 Å². The fraction of sp³-hybridized carbons (Fsp3) is 0.257. The molecule has 0 saturated heterocycles. The Labute approximate surface area is 264 Å². The van der Waals surface area contributed by atoms with E-state index in [4.69, 9.17) is 4.74 Å². The molecule has 4 rings (SSSR count). The zero-order valence-corrected chi connectivity index (χ0v) is 26.4. The predicted molar refractivity (Wildman–Crippen MR) is 173 cm³/mol. The van der Waals surface area contributed by atoms with Crippen molar-refractivity contribution in [1.82, 2.24) is 10.2 Å². The third-order valence-corrected chi connectivity index (χ3v) is 8.98. The predicted octanol–water partition coefficient (Wildman–Crippen LogP) is 5.44. The fourth-order valence-electron chi connectivity index (χ4n) is 4.77. The van der Waals surface area contributed by atoms with Gasteiger partial charge in [-0.1, -0.05) is 74.5 Å². The van der Waals surface area contributed by atoms with Gasteiger partial charge in [-0.15, -0.1) is 0 Å². The van der Waals surface area contributed by atoms with Crippen molar-refractivity contribution in [1.29, 1.82) is 0 Å². The second-order valence-corrected chi connectivity index (χ2v) is 12.9. The standard InChI is InChI=1S/C35H38FN3O5S/c1-26(2)23-37-35(41)33(22-27-10-6-4-7-11-27)38(24-28-12-8-5-9-13-28)34(40)25-39(30-16-14-29(36)15-17-30)45(42,43)32-20-18-31(44-3)19-21-32/h4-21,26,33H,22-25H2,1-3H3,(H,37,41)/t33-/m1/s1. The van der Waals surface area contributed by atoms with Crippen LogP contribution in [-0.4, -0.2) is 51.4 Å². The van der Waals surface area contributed by atoms with Gasteiger partial charge in [-0.2, -0.15) is 0 Å². The molecule has 0 aromatic heterocycles. The van der Waals surface area contributed by atoms with Gasteiger partial charge in [0.05, 0.1) is 17.7 Å². The monoisotopic (exact) mass is 631 g/mol. The number of ether oxygens (including phenoxy) is 1. The van der Waals surface area contributed by atoms with Crippen LogP contribution in [0, 0.1) is 11.7 Å². The fourth-order valence-corrected chi connectivity index (χ4v) is 6.18. The molecule has 0 heterocycles. The molecule has 0 aliphatic rings. The van der Waals surface area contributed by atoms with Crippen LogP contribution in [0.1, 0.15) is 25.0 Å². The van der Waals surface area contributed by atoms with Crippen molar-refractivity contribution in [3.63, 3.8) is 0 Å². The highest BCUT2D eigenvalue weighted by atomic mass is 32.2. The summed E-state index contributed by atoms with van der Waals surface area (Å²) in [6.45, 7) is 3.79. The van der Waals surface area contributed by atoms with Crippen LogP contribution in [0.2, 0.25) is 0 Å². The molecular formula is C35H38FN3O5S. The summed E-state index contributed by atoms with van der Waals surface area (Å²) in [7, 11) is -2.84. The normalized spacial score (nSPS) is 11.9. The van der Waals surface area contributed by atoms with Gasteiger partial charge < -0.3 is 15.0 Å². The number of nitrogens with one attached hydrogen (secondary N) is 1. The van der Waals surface area contributed by atoms with E-state index >= 15 is 0 Å². The third kappa shape index (κ3) is 8.92. The Morgan fingerprint density at radius 3 is 1.96 bits per heavy atom. The number of nitrogens with zero attached hydrogens (tertiary/aromatic N) is 2. The lowest BCUT2D eigenvalue weighted by Gasteiger charge is -2.34. The number of carbonyl (C=O) groups is 2. The Morgan fingerprint density at radius 1 is 0.822 bits per heavy atom. The first kappa shape index (κ1) is 33.2. The van der Waals surface area contributed by atoms with Crippen LogP contribution in [0.15, 0.2) is 114 Å². The van der Waals surface area contributed by atoms with E-state index in [0.29, 0.717) is 12.3 Å². The number of methoxy groups -OCH3 is 1. The quantitative estimate of drug-likeness (QED) is 0.200. The maximum Gasteiger partial charge on any atom is 0.264 e. The molecule has 45 heavy (non-hydrogen) atoms. The summed E-state index contributed by atoms with van der Waals surface area (Å²) in [4.78, 5) is 29.5. The van der Waals surface area contributed by atoms with Gasteiger partial charge in [0, 0.05) is 19.5 Å². The number of hydrogen-bond donors (Lipinski definition) is 1. The van der Waals surface area contributed by atoms with Gasteiger partial charge in [-0.25, -0.2) is 12.8 Å². The van der Waals surface area contributed by atoms with Crippen molar-refractivity contribution in [2.24, 2.45) is 5.92 Å². The second kappa shape index (κ2) is 15.3. The summed E-state index contributed by atoms with van der Waals surface area (Å²) in [6.07, 6.45) is 0.213. The highest BCUT2D eigenvalue weighted by molar-refractivity contribution is 7.92. The van der Waals surface area contributed by atoms with Crippen LogP contribution in [0.4, 0.5) is 10.1 Å². The van der Waals surface area contributed by atoms with E-state index in [1.807, 2.05) is 74.5 Å². The van der Waals surface area contributed by atoms with E-state index in [1.165, 1.54) is 48.4 Å². The molecular weight excluding hydrogens is 593 g/mol. The summed E-state index contributed by atoms with van der Waals surface area (Å²) < 4.78 is 48.1. The van der Waals surface area contributed by atoms with E-state index < -0.39 is 34.3 Å². The van der Waals surface area contributed by atoms with Crippen LogP contribution in [0.5, 0.6) is 5.75 Å². The summed E-state index contributed by atoms with van der Waals surface area (Å²) in [5.74, 6) is -0.858. The van der Waals surface area contributed by atoms with E-state index in [2.05, 4.69) is 5.32 Å². The Hall–Kier alpha value is -4.70. The van der Waals surface area contributed by atoms with Crippen LogP contribution in [0.25, 0.3) is 0 Å². The number of amides is 2. The molecule has 1 N–H and O–H groups in total. The van der Waals surface area contributed by atoms with Gasteiger partial charge >= 0.3 is 0 Å². The van der Waals surface area contributed by atoms with E-state index in [1.54, 1.807) is 0 Å². The van der Waals surface area contributed by atoms with Gasteiger partial charge in [-0.05, 0) is 65.6 Å². The number of halogens is 1. The van der Waals surface area contributed by atoms with Gasteiger partial charge in [0.15, 0.2) is 0 Å². The van der Waals surface area contributed by atoms with Gasteiger partial charge in [0.2, 0.25) is 11.8 Å². The zero-order chi connectivity index (χ0) is 32.4. The highest BCUT2D eigenvalue weighted by Crippen LogP contribution is 2.26. The maximum atomic E-state index is 14.4. The molecule has 0 radical (unpaired) electrons. The Balaban J connectivity index is 1.78. The molecule has 236 valence electrons. The summed E-state index contributed by atoms with van der Waals surface area (Å²) >= 11 is 0. The number of rotatable bonds is 14. The van der Waals surface area contributed by atoms with Gasteiger partial charge in [0.25, 0.3) is 10.0 Å². The Kier molecular flexibility index (Phi) is 11.3. The average Bonchev–Trinajstić information content (AvgIpc) is 3.05. The van der Waals surface area contributed by atoms with E-state index in [9.17, 15) is 22.4 Å². The smallest absolute Gasteiger partial charge is 0.264 e. The first-order valence-electron chi connectivity index (χ1n) is 14.7. The molecule has 0 spiro atoms. The van der Waals surface area contributed by atoms with E-state index in [-0.39, 0.29) is 35.4 Å². The van der Waals surface area contributed by atoms with Crippen LogP contribution in [-0.2, 0) is 32.6 Å². The summed E-state index contributed by atoms with van der Waals surface area (Å²) in [5.41, 5.74) is 1.71. The average molecular weight is 632 g/mol.